The number of carbonyl (C=O) groups excluding carboxylic acids is 1. The summed E-state index contributed by atoms with van der Waals surface area (Å²) in [6.07, 6.45) is 7.83. The molecule has 152 valence electrons. The van der Waals surface area contributed by atoms with Crippen molar-refractivity contribution in [2.45, 2.75) is 57.2 Å². The van der Waals surface area contributed by atoms with Crippen LogP contribution in [0, 0.1) is 17.8 Å². The molecule has 0 spiro atoms. The van der Waals surface area contributed by atoms with Crippen molar-refractivity contribution in [3.63, 3.8) is 0 Å². The Labute approximate surface area is 172 Å². The molecule has 1 aromatic carbocycles. The Morgan fingerprint density at radius 1 is 1.18 bits per heavy atom. The molecule has 0 radical (unpaired) electrons. The Hall–Kier alpha value is -1.86. The molecule has 1 atom stereocenters. The molecule has 0 heterocycles. The fourth-order valence-electron chi connectivity index (χ4n) is 5.87. The van der Waals surface area contributed by atoms with E-state index in [1.54, 1.807) is 6.07 Å². The summed E-state index contributed by atoms with van der Waals surface area (Å²) in [6, 6.07) is 7.03. The average molecular weight is 403 g/mol. The fourth-order valence-corrected chi connectivity index (χ4v) is 5.99. The van der Waals surface area contributed by atoms with Gasteiger partial charge < -0.3 is 26.4 Å². The third-order valence-corrected chi connectivity index (χ3v) is 6.47. The molecule has 1 aromatic rings. The molecular weight excluding hydrogens is 372 g/mol. The van der Waals surface area contributed by atoms with Gasteiger partial charge in [0.2, 0.25) is 0 Å². The molecule has 4 aliphatic carbocycles. The summed E-state index contributed by atoms with van der Waals surface area (Å²) in [4.78, 5) is 12.3. The highest BCUT2D eigenvalue weighted by atomic mass is 32.1. The van der Waals surface area contributed by atoms with Crippen molar-refractivity contribution in [3.05, 3.63) is 24.3 Å². The molecule has 6 nitrogen and oxygen atoms in total. The quantitative estimate of drug-likeness (QED) is 0.543. The number of carbonyl (C=O) groups is 1. The summed E-state index contributed by atoms with van der Waals surface area (Å²) in [7, 11) is 0. The molecule has 28 heavy (non-hydrogen) atoms. The number of thiocarbonyl (C=S) groups is 1. The molecule has 7 heteroatoms. The van der Waals surface area contributed by atoms with Gasteiger partial charge in [0.05, 0.1) is 11.7 Å². The molecular formula is C21H30N4O2S. The Morgan fingerprint density at radius 2 is 1.75 bits per heavy atom. The molecule has 5 N–H and O–H groups in total. The second-order valence-electron chi connectivity index (χ2n) is 8.93. The van der Waals surface area contributed by atoms with E-state index in [4.69, 9.17) is 22.7 Å². The smallest absolute Gasteiger partial charge is 0.319 e. The lowest BCUT2D eigenvalue weighted by Crippen LogP contribution is -2.54. The van der Waals surface area contributed by atoms with E-state index >= 15 is 0 Å². The lowest BCUT2D eigenvalue weighted by atomic mass is 9.54. The maximum Gasteiger partial charge on any atom is 0.319 e. The average Bonchev–Trinajstić information content (AvgIpc) is 2.58. The van der Waals surface area contributed by atoms with Crippen LogP contribution in [0.2, 0.25) is 0 Å². The first-order valence-corrected chi connectivity index (χ1v) is 10.7. The zero-order valence-corrected chi connectivity index (χ0v) is 17.2. The van der Waals surface area contributed by atoms with Crippen LogP contribution in [0.4, 0.5) is 16.2 Å². The second kappa shape index (κ2) is 7.87. The first-order valence-electron chi connectivity index (χ1n) is 10.3. The van der Waals surface area contributed by atoms with Gasteiger partial charge in [-0.1, -0.05) is 6.07 Å². The van der Waals surface area contributed by atoms with E-state index < -0.39 is 0 Å². The molecule has 0 saturated heterocycles. The summed E-state index contributed by atoms with van der Waals surface area (Å²) in [5.74, 6) is 2.57. The Bertz CT molecular complexity index is 718. The van der Waals surface area contributed by atoms with Gasteiger partial charge in [-0.3, -0.25) is 0 Å². The molecule has 0 aromatic heterocycles. The van der Waals surface area contributed by atoms with Gasteiger partial charge in [-0.05, 0) is 93.6 Å². The summed E-state index contributed by atoms with van der Waals surface area (Å²) in [5, 5.41) is 8.82. The van der Waals surface area contributed by atoms with Gasteiger partial charge >= 0.3 is 6.03 Å². The molecule has 2 amide bonds. The van der Waals surface area contributed by atoms with E-state index in [0.29, 0.717) is 12.2 Å². The van der Waals surface area contributed by atoms with E-state index in [1.165, 1.54) is 38.5 Å². The van der Waals surface area contributed by atoms with Gasteiger partial charge in [-0.25, -0.2) is 4.79 Å². The van der Waals surface area contributed by atoms with Gasteiger partial charge in [-0.15, -0.1) is 0 Å². The Morgan fingerprint density at radius 3 is 2.32 bits per heavy atom. The molecule has 1 unspecified atom stereocenters. The minimum Gasteiger partial charge on any atom is -0.376 e. The van der Waals surface area contributed by atoms with Crippen LogP contribution in [0.5, 0.6) is 0 Å². The zero-order valence-electron chi connectivity index (χ0n) is 16.4. The highest BCUT2D eigenvalue weighted by molar-refractivity contribution is 7.80. The number of urea groups is 1. The Kier molecular flexibility index (Phi) is 5.47. The third-order valence-electron chi connectivity index (χ3n) is 6.37. The fraction of sp³-hybridized carbons (Fsp3) is 0.619. The van der Waals surface area contributed by atoms with Crippen LogP contribution >= 0.6 is 12.2 Å². The monoisotopic (exact) mass is 402 g/mol. The van der Waals surface area contributed by atoms with Crippen molar-refractivity contribution >= 4 is 34.7 Å². The molecule has 4 bridgehead atoms. The van der Waals surface area contributed by atoms with Crippen LogP contribution in [0.3, 0.4) is 0 Å². The van der Waals surface area contributed by atoms with Crippen molar-refractivity contribution in [2.24, 2.45) is 23.5 Å². The minimum atomic E-state index is -0.242. The summed E-state index contributed by atoms with van der Waals surface area (Å²) in [6.45, 7) is 2.56. The molecule has 4 saturated carbocycles. The summed E-state index contributed by atoms with van der Waals surface area (Å²) in [5.41, 5.74) is 6.96. The number of hydrogen-bond acceptors (Lipinski definition) is 3. The first-order chi connectivity index (χ1) is 13.4. The van der Waals surface area contributed by atoms with E-state index in [-0.39, 0.29) is 22.8 Å². The van der Waals surface area contributed by atoms with Crippen molar-refractivity contribution in [1.82, 2.24) is 5.32 Å². The van der Waals surface area contributed by atoms with E-state index in [2.05, 4.69) is 22.9 Å². The van der Waals surface area contributed by atoms with Gasteiger partial charge in [0.1, 0.15) is 0 Å². The van der Waals surface area contributed by atoms with E-state index in [9.17, 15) is 4.79 Å². The Balaban J connectivity index is 1.25. The third kappa shape index (κ3) is 4.58. The van der Waals surface area contributed by atoms with Gasteiger partial charge in [-0.2, -0.15) is 0 Å². The highest BCUT2D eigenvalue weighted by Crippen LogP contribution is 2.57. The van der Waals surface area contributed by atoms with Crippen LogP contribution in [-0.2, 0) is 4.74 Å². The van der Waals surface area contributed by atoms with Crippen LogP contribution in [0.1, 0.15) is 45.4 Å². The molecule has 4 fully saturated rings. The number of anilines is 2. The van der Waals surface area contributed by atoms with Crippen LogP contribution in [-0.4, -0.2) is 29.4 Å². The number of rotatable bonds is 6. The number of ether oxygens (including phenoxy) is 1. The number of nitrogens with one attached hydrogen (secondary N) is 3. The predicted octanol–water partition coefficient (Wildman–Crippen LogP) is 3.84. The van der Waals surface area contributed by atoms with Crippen LogP contribution in [0.25, 0.3) is 0 Å². The number of hydrogen-bond donors (Lipinski definition) is 4. The maximum absolute atomic E-state index is 12.3. The number of benzene rings is 1. The largest absolute Gasteiger partial charge is 0.376 e. The zero-order chi connectivity index (χ0) is 19.7. The number of nitrogens with two attached hydrogens (primary N) is 1. The second-order valence-corrected chi connectivity index (χ2v) is 9.37. The minimum absolute atomic E-state index is 0.00427. The van der Waals surface area contributed by atoms with Crippen molar-refractivity contribution in [3.8, 4) is 0 Å². The van der Waals surface area contributed by atoms with Gasteiger partial charge in [0.25, 0.3) is 0 Å². The summed E-state index contributed by atoms with van der Waals surface area (Å²) < 4.78 is 6.53. The van der Waals surface area contributed by atoms with Crippen LogP contribution in [0.15, 0.2) is 24.3 Å². The lowest BCUT2D eigenvalue weighted by Gasteiger charge is -2.57. The van der Waals surface area contributed by atoms with Crippen molar-refractivity contribution < 1.29 is 9.53 Å². The van der Waals surface area contributed by atoms with Gasteiger partial charge in [0.15, 0.2) is 5.11 Å². The maximum atomic E-state index is 12.3. The van der Waals surface area contributed by atoms with E-state index in [0.717, 1.165) is 23.4 Å². The van der Waals surface area contributed by atoms with Crippen molar-refractivity contribution in [1.29, 1.82) is 0 Å². The molecule has 5 rings (SSSR count). The first kappa shape index (κ1) is 19.5. The highest BCUT2D eigenvalue weighted by Gasteiger charge is 2.52. The number of amides is 2. The van der Waals surface area contributed by atoms with E-state index in [1.807, 2.05) is 18.2 Å². The topological polar surface area (TPSA) is 88.4 Å². The standard InChI is InChI=1S/C21H30N4O2S/c1-13(27-21-9-14-5-15(10-21)7-16(6-14)11-21)12-23-20(26)25-18-4-2-3-17(8-18)24-19(22)28/h2-4,8,13-16H,5-7,9-12H2,1H3,(H3,22,24,28)(H2,23,25,26). The lowest BCUT2D eigenvalue weighted by molar-refractivity contribution is -0.182. The normalized spacial score (nSPS) is 31.2. The predicted molar refractivity (Wildman–Crippen MR) is 115 cm³/mol. The van der Waals surface area contributed by atoms with Crippen LogP contribution < -0.4 is 21.7 Å². The molecule has 4 aliphatic rings. The molecule has 0 aliphatic heterocycles. The SMILES string of the molecule is CC(CNC(=O)Nc1cccc(NC(N)=S)c1)OC12CC3CC(CC(C3)C1)C2. The van der Waals surface area contributed by atoms with Gasteiger partial charge in [0, 0.05) is 17.9 Å². The van der Waals surface area contributed by atoms with Crippen molar-refractivity contribution in [2.75, 3.05) is 17.2 Å². The summed E-state index contributed by atoms with van der Waals surface area (Å²) >= 11 is 4.84.